The van der Waals surface area contributed by atoms with E-state index in [4.69, 9.17) is 11.6 Å². The summed E-state index contributed by atoms with van der Waals surface area (Å²) >= 11 is 5.86. The molecule has 0 fully saturated rings. The number of anilines is 1. The molecule has 6 nitrogen and oxygen atoms in total. The lowest BCUT2D eigenvalue weighted by molar-refractivity contribution is -0.116. The third-order valence-corrected chi connectivity index (χ3v) is 4.04. The summed E-state index contributed by atoms with van der Waals surface area (Å²) in [4.78, 5) is 29.1. The highest BCUT2D eigenvalue weighted by Gasteiger charge is 2.12. The van der Waals surface area contributed by atoms with E-state index in [1.807, 2.05) is 30.3 Å². The number of nitrogens with zero attached hydrogens (tertiary/aromatic N) is 2. The van der Waals surface area contributed by atoms with Crippen LogP contribution in [0.4, 0.5) is 5.69 Å². The number of phenolic OH excluding ortho intramolecular Hbond substituents is 1. The minimum absolute atomic E-state index is 0.107. The zero-order valence-corrected chi connectivity index (χ0v) is 14.7. The minimum Gasteiger partial charge on any atom is -0.506 e. The molecule has 3 rings (SSSR count). The van der Waals surface area contributed by atoms with Gasteiger partial charge in [0.1, 0.15) is 18.1 Å². The monoisotopic (exact) mass is 369 g/mol. The van der Waals surface area contributed by atoms with E-state index in [9.17, 15) is 14.7 Å². The molecule has 1 aromatic heterocycles. The maximum atomic E-state index is 12.4. The van der Waals surface area contributed by atoms with Gasteiger partial charge < -0.3 is 10.4 Å². The van der Waals surface area contributed by atoms with Crippen LogP contribution in [0.15, 0.2) is 59.4 Å². The molecule has 0 aliphatic heterocycles. The Hall–Kier alpha value is -3.12. The largest absolute Gasteiger partial charge is 0.506 e. The molecule has 0 aliphatic carbocycles. The highest BCUT2D eigenvalue weighted by molar-refractivity contribution is 6.31. The fourth-order valence-corrected chi connectivity index (χ4v) is 2.68. The molecular formula is C19H16ClN3O3. The van der Waals surface area contributed by atoms with E-state index in [1.165, 1.54) is 28.8 Å². The van der Waals surface area contributed by atoms with Gasteiger partial charge in [-0.05, 0) is 25.1 Å². The van der Waals surface area contributed by atoms with Crippen LogP contribution in [0.1, 0.15) is 5.82 Å². The zero-order valence-electron chi connectivity index (χ0n) is 13.9. The molecule has 0 atom stereocenters. The molecule has 7 heteroatoms. The molecule has 0 spiro atoms. The van der Waals surface area contributed by atoms with E-state index in [0.29, 0.717) is 16.5 Å². The van der Waals surface area contributed by atoms with Crippen molar-refractivity contribution in [2.24, 2.45) is 0 Å². The molecule has 0 radical (unpaired) electrons. The number of nitrogens with one attached hydrogen (secondary N) is 1. The van der Waals surface area contributed by atoms with Crippen LogP contribution in [-0.4, -0.2) is 20.6 Å². The summed E-state index contributed by atoms with van der Waals surface area (Å²) in [6, 6.07) is 15.0. The maximum absolute atomic E-state index is 12.4. The number of hydrogen-bond donors (Lipinski definition) is 2. The Balaban J connectivity index is 1.83. The van der Waals surface area contributed by atoms with Crippen LogP contribution in [0.3, 0.4) is 0 Å². The Kier molecular flexibility index (Phi) is 5.04. The molecular weight excluding hydrogens is 354 g/mol. The lowest BCUT2D eigenvalue weighted by Crippen LogP contribution is -2.29. The molecule has 0 saturated heterocycles. The highest BCUT2D eigenvalue weighted by atomic mass is 35.5. The number of rotatable bonds is 4. The van der Waals surface area contributed by atoms with Crippen LogP contribution in [0.2, 0.25) is 5.02 Å². The van der Waals surface area contributed by atoms with Gasteiger partial charge in [0.2, 0.25) is 5.91 Å². The van der Waals surface area contributed by atoms with E-state index < -0.39 is 5.91 Å². The number of phenols is 1. The van der Waals surface area contributed by atoms with Crippen molar-refractivity contribution >= 4 is 23.2 Å². The maximum Gasteiger partial charge on any atom is 0.254 e. The summed E-state index contributed by atoms with van der Waals surface area (Å²) in [5.74, 6) is -0.159. The second-order valence-corrected chi connectivity index (χ2v) is 6.13. The Morgan fingerprint density at radius 2 is 1.92 bits per heavy atom. The molecule has 1 amide bonds. The van der Waals surface area contributed by atoms with E-state index in [1.54, 1.807) is 6.92 Å². The normalized spacial score (nSPS) is 10.5. The number of carbonyl (C=O) groups is 1. The first-order valence-corrected chi connectivity index (χ1v) is 8.24. The van der Waals surface area contributed by atoms with Gasteiger partial charge in [0.05, 0.1) is 11.4 Å². The SMILES string of the molecule is Cc1nc(-c2ccccc2)cc(=O)n1CC(=O)Nc1cc(Cl)ccc1O. The quantitative estimate of drug-likeness (QED) is 0.691. The van der Waals surface area contributed by atoms with Gasteiger partial charge in [-0.15, -0.1) is 0 Å². The average molecular weight is 370 g/mol. The smallest absolute Gasteiger partial charge is 0.254 e. The molecule has 132 valence electrons. The van der Waals surface area contributed by atoms with Gasteiger partial charge >= 0.3 is 0 Å². The number of aromatic hydroxyl groups is 1. The van der Waals surface area contributed by atoms with E-state index in [2.05, 4.69) is 10.3 Å². The van der Waals surface area contributed by atoms with Gasteiger partial charge in [-0.3, -0.25) is 14.2 Å². The molecule has 3 aromatic rings. The van der Waals surface area contributed by atoms with Gasteiger partial charge in [0.15, 0.2) is 0 Å². The first kappa shape index (κ1) is 17.7. The third-order valence-electron chi connectivity index (χ3n) is 3.80. The number of amides is 1. The van der Waals surface area contributed by atoms with Crippen LogP contribution in [0.5, 0.6) is 5.75 Å². The second-order valence-electron chi connectivity index (χ2n) is 5.69. The van der Waals surface area contributed by atoms with E-state index >= 15 is 0 Å². The fraction of sp³-hybridized carbons (Fsp3) is 0.105. The van der Waals surface area contributed by atoms with Crippen molar-refractivity contribution in [1.29, 1.82) is 0 Å². The van der Waals surface area contributed by atoms with Crippen LogP contribution >= 0.6 is 11.6 Å². The molecule has 26 heavy (non-hydrogen) atoms. The van der Waals surface area contributed by atoms with Crippen LogP contribution in [-0.2, 0) is 11.3 Å². The number of halogens is 1. The van der Waals surface area contributed by atoms with E-state index in [0.717, 1.165) is 5.56 Å². The third kappa shape index (κ3) is 3.92. The van der Waals surface area contributed by atoms with Crippen molar-refractivity contribution in [2.45, 2.75) is 13.5 Å². The Bertz CT molecular complexity index is 1020. The lowest BCUT2D eigenvalue weighted by atomic mass is 10.1. The molecule has 0 bridgehead atoms. The number of hydrogen-bond acceptors (Lipinski definition) is 4. The van der Waals surface area contributed by atoms with Gasteiger partial charge in [-0.2, -0.15) is 0 Å². The molecule has 2 N–H and O–H groups in total. The lowest BCUT2D eigenvalue weighted by Gasteiger charge is -2.12. The molecule has 0 unspecified atom stereocenters. The fourth-order valence-electron chi connectivity index (χ4n) is 2.51. The highest BCUT2D eigenvalue weighted by Crippen LogP contribution is 2.26. The van der Waals surface area contributed by atoms with Gasteiger partial charge in [0, 0.05) is 16.7 Å². The number of benzene rings is 2. The summed E-state index contributed by atoms with van der Waals surface area (Å²) in [6.45, 7) is 1.44. The van der Waals surface area contributed by atoms with Crippen molar-refractivity contribution in [3.8, 4) is 17.0 Å². The minimum atomic E-state index is -0.470. The Labute approximate surface area is 154 Å². The summed E-state index contributed by atoms with van der Waals surface area (Å²) < 4.78 is 1.27. The second kappa shape index (κ2) is 7.41. The van der Waals surface area contributed by atoms with Crippen LogP contribution < -0.4 is 10.9 Å². The average Bonchev–Trinajstić information content (AvgIpc) is 2.62. The first-order chi connectivity index (χ1) is 12.4. The predicted octanol–water partition coefficient (Wildman–Crippen LogP) is 3.22. The molecule has 1 heterocycles. The van der Waals surface area contributed by atoms with E-state index in [-0.39, 0.29) is 23.5 Å². The Morgan fingerprint density at radius 1 is 1.19 bits per heavy atom. The predicted molar refractivity (Wildman–Crippen MR) is 100 cm³/mol. The van der Waals surface area contributed by atoms with Crippen molar-refractivity contribution in [1.82, 2.24) is 9.55 Å². The van der Waals surface area contributed by atoms with Crippen molar-refractivity contribution in [3.63, 3.8) is 0 Å². The first-order valence-electron chi connectivity index (χ1n) is 7.86. The number of aromatic nitrogens is 2. The number of carbonyl (C=O) groups excluding carboxylic acids is 1. The van der Waals surface area contributed by atoms with Crippen molar-refractivity contribution in [2.75, 3.05) is 5.32 Å². The Morgan fingerprint density at radius 3 is 2.62 bits per heavy atom. The zero-order chi connectivity index (χ0) is 18.7. The summed E-state index contributed by atoms with van der Waals surface area (Å²) in [7, 11) is 0. The summed E-state index contributed by atoms with van der Waals surface area (Å²) in [5.41, 5.74) is 1.23. The number of aryl methyl sites for hydroxylation is 1. The van der Waals surface area contributed by atoms with Crippen molar-refractivity contribution < 1.29 is 9.90 Å². The standard InChI is InChI=1S/C19H16ClN3O3/c1-12-21-15(13-5-3-2-4-6-13)10-19(26)23(12)11-18(25)22-16-9-14(20)7-8-17(16)24/h2-10,24H,11H2,1H3,(H,22,25). The molecule has 0 aliphatic rings. The summed E-state index contributed by atoms with van der Waals surface area (Å²) in [6.07, 6.45) is 0. The summed E-state index contributed by atoms with van der Waals surface area (Å²) in [5, 5.41) is 12.7. The van der Waals surface area contributed by atoms with Crippen LogP contribution in [0.25, 0.3) is 11.3 Å². The van der Waals surface area contributed by atoms with Gasteiger partial charge in [-0.1, -0.05) is 41.9 Å². The van der Waals surface area contributed by atoms with Crippen LogP contribution in [0, 0.1) is 6.92 Å². The topological polar surface area (TPSA) is 84.2 Å². The molecule has 0 saturated carbocycles. The molecule has 2 aromatic carbocycles. The van der Waals surface area contributed by atoms with Gasteiger partial charge in [0.25, 0.3) is 5.56 Å². The van der Waals surface area contributed by atoms with Gasteiger partial charge in [-0.25, -0.2) is 4.98 Å². The van der Waals surface area contributed by atoms with Crippen molar-refractivity contribution in [3.05, 3.63) is 75.8 Å².